The highest BCUT2D eigenvalue weighted by atomic mass is 35.5. The van der Waals surface area contributed by atoms with E-state index in [4.69, 9.17) is 27.5 Å². The van der Waals surface area contributed by atoms with Gasteiger partial charge in [-0.3, -0.25) is 5.41 Å². The molecular weight excluding hydrogens is 302 g/mol. The minimum absolute atomic E-state index is 0. The molecule has 2 aromatic carbocycles. The molecule has 0 atom stereocenters. The molecule has 0 radical (unpaired) electrons. The Balaban J connectivity index is 0.00000200. The molecule has 0 aliphatic heterocycles. The molecule has 0 spiro atoms. The first kappa shape index (κ1) is 16.3. The van der Waals surface area contributed by atoms with Crippen molar-refractivity contribution in [3.8, 4) is 5.75 Å². The summed E-state index contributed by atoms with van der Waals surface area (Å²) < 4.78 is 19.1. The molecule has 0 amide bonds. The second-order valence-corrected chi connectivity index (χ2v) is 4.38. The van der Waals surface area contributed by atoms with Crippen LogP contribution in [0.15, 0.2) is 42.5 Å². The van der Waals surface area contributed by atoms with E-state index < -0.39 is 5.82 Å². The van der Waals surface area contributed by atoms with Crippen molar-refractivity contribution < 1.29 is 9.13 Å². The number of rotatable bonds is 4. The molecule has 0 bridgehead atoms. The van der Waals surface area contributed by atoms with E-state index in [0.29, 0.717) is 5.02 Å². The average Bonchev–Trinajstić information content (AvgIpc) is 2.36. The minimum atomic E-state index is -0.573. The predicted octanol–water partition coefficient (Wildman–Crippen LogP) is 3.76. The zero-order valence-corrected chi connectivity index (χ0v) is 12.0. The maximum atomic E-state index is 13.6. The fourth-order valence-corrected chi connectivity index (χ4v) is 1.89. The van der Waals surface area contributed by atoms with Crippen LogP contribution in [0, 0.1) is 11.2 Å². The Labute approximate surface area is 127 Å². The number of hydrogen-bond acceptors (Lipinski definition) is 2. The summed E-state index contributed by atoms with van der Waals surface area (Å²) in [5, 5.41) is 7.97. The van der Waals surface area contributed by atoms with Gasteiger partial charge in [-0.05, 0) is 29.8 Å². The summed E-state index contributed by atoms with van der Waals surface area (Å²) in [6.45, 7) is 0.226. The van der Waals surface area contributed by atoms with Gasteiger partial charge in [0.05, 0.1) is 5.56 Å². The SMILES string of the molecule is Cl.N=C(N)c1c(F)cccc1OCc1cccc(Cl)c1. The normalized spacial score (nSPS) is 9.70. The van der Waals surface area contributed by atoms with Crippen LogP contribution in [0.3, 0.4) is 0 Å². The highest BCUT2D eigenvalue weighted by Crippen LogP contribution is 2.22. The van der Waals surface area contributed by atoms with Crippen molar-refractivity contribution in [2.24, 2.45) is 5.73 Å². The fraction of sp³-hybridized carbons (Fsp3) is 0.0714. The van der Waals surface area contributed by atoms with E-state index in [2.05, 4.69) is 0 Å². The molecule has 3 nitrogen and oxygen atoms in total. The van der Waals surface area contributed by atoms with Crippen LogP contribution in [0.4, 0.5) is 4.39 Å². The lowest BCUT2D eigenvalue weighted by Gasteiger charge is -2.11. The van der Waals surface area contributed by atoms with Crippen LogP contribution in [0.2, 0.25) is 5.02 Å². The summed E-state index contributed by atoms with van der Waals surface area (Å²) in [5.74, 6) is -0.692. The summed E-state index contributed by atoms with van der Waals surface area (Å²) in [4.78, 5) is 0. The Kier molecular flexibility index (Phi) is 5.80. The fourth-order valence-electron chi connectivity index (χ4n) is 1.67. The Bertz CT molecular complexity index is 620. The number of hydrogen-bond donors (Lipinski definition) is 2. The number of benzene rings is 2. The van der Waals surface area contributed by atoms with Crippen molar-refractivity contribution in [3.63, 3.8) is 0 Å². The Morgan fingerprint density at radius 1 is 1.25 bits per heavy atom. The van der Waals surface area contributed by atoms with Crippen molar-refractivity contribution in [2.75, 3.05) is 0 Å². The average molecular weight is 315 g/mol. The van der Waals surface area contributed by atoms with E-state index in [-0.39, 0.29) is 36.2 Å². The third-order valence-electron chi connectivity index (χ3n) is 2.53. The largest absolute Gasteiger partial charge is 0.488 e. The molecule has 0 aliphatic rings. The van der Waals surface area contributed by atoms with Gasteiger partial charge in [0.1, 0.15) is 24.0 Å². The van der Waals surface area contributed by atoms with Crippen LogP contribution in [0.5, 0.6) is 5.75 Å². The number of nitrogens with two attached hydrogens (primary N) is 1. The molecule has 6 heteroatoms. The Morgan fingerprint density at radius 2 is 1.95 bits per heavy atom. The second kappa shape index (κ2) is 7.12. The van der Waals surface area contributed by atoms with Crippen LogP contribution in [0.25, 0.3) is 0 Å². The van der Waals surface area contributed by atoms with E-state index in [1.165, 1.54) is 12.1 Å². The topological polar surface area (TPSA) is 59.1 Å². The number of nitrogens with one attached hydrogen (secondary N) is 1. The maximum absolute atomic E-state index is 13.6. The molecule has 106 valence electrons. The molecule has 3 N–H and O–H groups in total. The lowest BCUT2D eigenvalue weighted by Crippen LogP contribution is -2.15. The van der Waals surface area contributed by atoms with Gasteiger partial charge >= 0.3 is 0 Å². The molecule has 0 saturated carbocycles. The Hall–Kier alpha value is -1.78. The van der Waals surface area contributed by atoms with Crippen molar-refractivity contribution in [1.82, 2.24) is 0 Å². The summed E-state index contributed by atoms with van der Waals surface area (Å²) >= 11 is 5.86. The molecule has 0 aromatic heterocycles. The summed E-state index contributed by atoms with van der Waals surface area (Å²) in [5.41, 5.74) is 6.18. The van der Waals surface area contributed by atoms with Gasteiger partial charge in [-0.15, -0.1) is 12.4 Å². The summed E-state index contributed by atoms with van der Waals surface area (Å²) in [6.07, 6.45) is 0. The number of amidine groups is 1. The van der Waals surface area contributed by atoms with Gasteiger partial charge < -0.3 is 10.5 Å². The van der Waals surface area contributed by atoms with E-state index in [1.807, 2.05) is 6.07 Å². The predicted molar refractivity (Wildman–Crippen MR) is 80.4 cm³/mol. The monoisotopic (exact) mass is 314 g/mol. The van der Waals surface area contributed by atoms with E-state index >= 15 is 0 Å². The van der Waals surface area contributed by atoms with E-state index in [9.17, 15) is 4.39 Å². The number of halogens is 3. The first-order valence-electron chi connectivity index (χ1n) is 5.58. The molecule has 20 heavy (non-hydrogen) atoms. The molecule has 0 fully saturated rings. The van der Waals surface area contributed by atoms with Crippen molar-refractivity contribution >= 4 is 29.8 Å². The third kappa shape index (κ3) is 3.85. The van der Waals surface area contributed by atoms with Gasteiger partial charge in [0.25, 0.3) is 0 Å². The van der Waals surface area contributed by atoms with Gasteiger partial charge in [0.2, 0.25) is 0 Å². The third-order valence-corrected chi connectivity index (χ3v) is 2.76. The van der Waals surface area contributed by atoms with Gasteiger partial charge in [-0.1, -0.05) is 29.8 Å². The molecular formula is C14H13Cl2FN2O. The zero-order valence-electron chi connectivity index (χ0n) is 10.4. The maximum Gasteiger partial charge on any atom is 0.137 e. The Morgan fingerprint density at radius 3 is 2.60 bits per heavy atom. The van der Waals surface area contributed by atoms with E-state index in [0.717, 1.165) is 5.56 Å². The number of nitrogen functional groups attached to an aromatic ring is 1. The van der Waals surface area contributed by atoms with Gasteiger partial charge in [0.15, 0.2) is 0 Å². The van der Waals surface area contributed by atoms with Crippen molar-refractivity contribution in [2.45, 2.75) is 6.61 Å². The van der Waals surface area contributed by atoms with Crippen LogP contribution in [0.1, 0.15) is 11.1 Å². The van der Waals surface area contributed by atoms with Gasteiger partial charge in [0, 0.05) is 5.02 Å². The number of ether oxygens (including phenoxy) is 1. The summed E-state index contributed by atoms with van der Waals surface area (Å²) in [7, 11) is 0. The molecule has 0 unspecified atom stereocenters. The molecule has 0 saturated heterocycles. The smallest absolute Gasteiger partial charge is 0.137 e. The van der Waals surface area contributed by atoms with Crippen molar-refractivity contribution in [1.29, 1.82) is 5.41 Å². The van der Waals surface area contributed by atoms with Crippen LogP contribution in [-0.2, 0) is 6.61 Å². The van der Waals surface area contributed by atoms with E-state index in [1.54, 1.807) is 24.3 Å². The quantitative estimate of drug-likeness (QED) is 0.666. The van der Waals surface area contributed by atoms with Crippen LogP contribution in [-0.4, -0.2) is 5.84 Å². The standard InChI is InChI=1S/C14H12ClFN2O.ClH/c15-10-4-1-3-9(7-10)8-19-12-6-2-5-11(16)13(12)14(17)18;/h1-7H,8H2,(H3,17,18);1H. The second-order valence-electron chi connectivity index (χ2n) is 3.95. The minimum Gasteiger partial charge on any atom is -0.488 e. The lowest BCUT2D eigenvalue weighted by atomic mass is 10.1. The lowest BCUT2D eigenvalue weighted by molar-refractivity contribution is 0.304. The molecule has 2 aromatic rings. The highest BCUT2D eigenvalue weighted by Gasteiger charge is 2.12. The first-order valence-corrected chi connectivity index (χ1v) is 5.96. The highest BCUT2D eigenvalue weighted by molar-refractivity contribution is 6.30. The van der Waals surface area contributed by atoms with Crippen molar-refractivity contribution in [3.05, 3.63) is 64.4 Å². The van der Waals surface area contributed by atoms with Crippen LogP contribution >= 0.6 is 24.0 Å². The van der Waals surface area contributed by atoms with Gasteiger partial charge in [-0.2, -0.15) is 0 Å². The van der Waals surface area contributed by atoms with Gasteiger partial charge in [-0.25, -0.2) is 4.39 Å². The summed E-state index contributed by atoms with van der Waals surface area (Å²) in [6, 6.07) is 11.5. The first-order chi connectivity index (χ1) is 9.08. The molecule has 2 rings (SSSR count). The van der Waals surface area contributed by atoms with Crippen LogP contribution < -0.4 is 10.5 Å². The zero-order chi connectivity index (χ0) is 13.8. The molecule has 0 aliphatic carbocycles. The molecule has 0 heterocycles.